The highest BCUT2D eigenvalue weighted by molar-refractivity contribution is 7.17. The summed E-state index contributed by atoms with van der Waals surface area (Å²) in [5.41, 5.74) is -9.07. The van der Waals surface area contributed by atoms with Gasteiger partial charge in [0.05, 0.1) is 11.3 Å². The van der Waals surface area contributed by atoms with Crippen molar-refractivity contribution < 1.29 is 49.8 Å². The van der Waals surface area contributed by atoms with Crippen molar-refractivity contribution >= 4 is 40.5 Å². The normalized spacial score (nSPS) is 12.5. The number of halogens is 9. The van der Waals surface area contributed by atoms with Gasteiger partial charge in [0.25, 0.3) is 12.3 Å². The maximum absolute atomic E-state index is 13.7. The number of carboxylic acids is 1. The summed E-state index contributed by atoms with van der Waals surface area (Å²) in [7, 11) is 0. The second-order valence-corrected chi connectivity index (χ2v) is 8.45. The number of carboxylic acid groups (broad SMARTS) is 1. The molecule has 1 amide bonds. The molecule has 33 heavy (non-hydrogen) atoms. The van der Waals surface area contributed by atoms with Crippen LogP contribution in [0.4, 0.5) is 40.8 Å². The minimum Gasteiger partial charge on any atom is -0.478 e. The van der Waals surface area contributed by atoms with Crippen LogP contribution in [0.1, 0.15) is 62.9 Å². The molecule has 0 aromatic carbocycles. The van der Waals surface area contributed by atoms with Gasteiger partial charge in [0, 0.05) is 0 Å². The molecule has 2 aromatic rings. The fourth-order valence-electron chi connectivity index (χ4n) is 2.81. The van der Waals surface area contributed by atoms with Gasteiger partial charge in [-0.15, -0.1) is 0 Å². The van der Waals surface area contributed by atoms with E-state index in [4.69, 9.17) is 11.6 Å². The molecule has 2 N–H and O–H groups in total. The van der Waals surface area contributed by atoms with E-state index in [-0.39, 0.29) is 11.3 Å². The van der Waals surface area contributed by atoms with Crippen molar-refractivity contribution in [3.05, 3.63) is 37.6 Å². The summed E-state index contributed by atoms with van der Waals surface area (Å²) >= 11 is 5.42. The minimum atomic E-state index is -5.48. The number of hydrogen-bond donors (Lipinski definition) is 2. The summed E-state index contributed by atoms with van der Waals surface area (Å²) in [6.07, 6.45) is -15.0. The Morgan fingerprint density at radius 3 is 2.03 bits per heavy atom. The van der Waals surface area contributed by atoms with E-state index in [0.717, 1.165) is 0 Å². The molecule has 0 bridgehead atoms. The molecule has 0 unspecified atom stereocenters. The van der Waals surface area contributed by atoms with E-state index in [0.29, 0.717) is 0 Å². The number of thiazole rings is 1. The molecule has 0 aliphatic carbocycles. The Labute approximate surface area is 188 Å². The third-order valence-electron chi connectivity index (χ3n) is 3.94. The number of anilines is 1. The number of carbonyl (C=O) groups is 2. The second kappa shape index (κ2) is 9.37. The summed E-state index contributed by atoms with van der Waals surface area (Å²) in [4.78, 5) is 28.6. The van der Waals surface area contributed by atoms with Crippen molar-refractivity contribution in [1.82, 2.24) is 9.97 Å². The SMILES string of the molecule is CC(C)Cc1c(NC(=O)c2sc(Cl)nc2C(F)(F)F)c(C(F)(F)F)nc(C(F)F)c1C(=O)O. The predicted molar refractivity (Wildman–Crippen MR) is 99.8 cm³/mol. The van der Waals surface area contributed by atoms with Crippen molar-refractivity contribution in [2.45, 2.75) is 39.0 Å². The summed E-state index contributed by atoms with van der Waals surface area (Å²) in [5.74, 6) is -4.43. The molecule has 0 aliphatic rings. The van der Waals surface area contributed by atoms with E-state index in [1.54, 1.807) is 5.32 Å². The molecule has 2 rings (SSSR count). The first-order valence-corrected chi connectivity index (χ1v) is 9.84. The van der Waals surface area contributed by atoms with Gasteiger partial charge in [0.2, 0.25) is 0 Å². The Balaban J connectivity index is 2.85. The number of rotatable bonds is 6. The molecule has 2 aromatic heterocycles. The lowest BCUT2D eigenvalue weighted by molar-refractivity contribution is -0.141. The zero-order valence-electron chi connectivity index (χ0n) is 16.3. The van der Waals surface area contributed by atoms with Crippen LogP contribution in [-0.2, 0) is 18.8 Å². The molecular weight excluding hydrogens is 514 g/mol. The number of alkyl halides is 8. The van der Waals surface area contributed by atoms with Gasteiger partial charge in [-0.05, 0) is 17.9 Å². The number of nitrogens with one attached hydrogen (secondary N) is 1. The maximum Gasteiger partial charge on any atom is 0.435 e. The third kappa shape index (κ3) is 5.88. The molecule has 16 heteroatoms. The molecular formula is C17H12ClF8N3O3S. The molecule has 0 radical (unpaired) electrons. The molecule has 0 atom stereocenters. The number of aromatic carboxylic acids is 1. The van der Waals surface area contributed by atoms with Crippen molar-refractivity contribution in [1.29, 1.82) is 0 Å². The second-order valence-electron chi connectivity index (χ2n) is 6.87. The number of amides is 1. The summed E-state index contributed by atoms with van der Waals surface area (Å²) in [6.45, 7) is 2.83. The molecule has 0 spiro atoms. The Morgan fingerprint density at radius 1 is 1.06 bits per heavy atom. The molecule has 0 fully saturated rings. The number of nitrogens with zero attached hydrogens (tertiary/aromatic N) is 2. The van der Waals surface area contributed by atoms with E-state index in [1.807, 2.05) is 0 Å². The van der Waals surface area contributed by atoms with Crippen LogP contribution in [0.5, 0.6) is 0 Å². The van der Waals surface area contributed by atoms with Crippen LogP contribution in [0, 0.1) is 5.92 Å². The number of aromatic nitrogens is 2. The Hall–Kier alpha value is -2.55. The summed E-state index contributed by atoms with van der Waals surface area (Å²) in [5, 5.41) is 11.0. The molecule has 0 saturated heterocycles. The lowest BCUT2D eigenvalue weighted by Gasteiger charge is -2.22. The van der Waals surface area contributed by atoms with E-state index >= 15 is 0 Å². The van der Waals surface area contributed by atoms with Crippen LogP contribution >= 0.6 is 22.9 Å². The molecule has 0 aliphatic heterocycles. The molecule has 0 saturated carbocycles. The fraction of sp³-hybridized carbons (Fsp3) is 0.412. The minimum absolute atomic E-state index is 0.00454. The average Bonchev–Trinajstić information content (AvgIpc) is 3.03. The first-order valence-electron chi connectivity index (χ1n) is 8.65. The Bertz CT molecular complexity index is 1080. The van der Waals surface area contributed by atoms with Crippen molar-refractivity contribution in [3.63, 3.8) is 0 Å². The van der Waals surface area contributed by atoms with Crippen LogP contribution in [0.3, 0.4) is 0 Å². The van der Waals surface area contributed by atoms with Gasteiger partial charge in [-0.2, -0.15) is 26.3 Å². The van der Waals surface area contributed by atoms with Gasteiger partial charge in [-0.3, -0.25) is 4.79 Å². The van der Waals surface area contributed by atoms with E-state index in [1.165, 1.54) is 13.8 Å². The van der Waals surface area contributed by atoms with Gasteiger partial charge in [-0.25, -0.2) is 23.5 Å². The lowest BCUT2D eigenvalue weighted by atomic mass is 9.94. The summed E-state index contributed by atoms with van der Waals surface area (Å²) in [6, 6.07) is 0. The highest BCUT2D eigenvalue weighted by Crippen LogP contribution is 2.42. The lowest BCUT2D eigenvalue weighted by Crippen LogP contribution is -2.25. The molecule has 182 valence electrons. The van der Waals surface area contributed by atoms with Crippen LogP contribution in [-0.4, -0.2) is 27.0 Å². The topological polar surface area (TPSA) is 92.2 Å². The summed E-state index contributed by atoms with van der Waals surface area (Å²) < 4.78 is 106. The highest BCUT2D eigenvalue weighted by Gasteiger charge is 2.43. The predicted octanol–water partition coefficient (Wildman–Crippen LogP) is 6.32. The van der Waals surface area contributed by atoms with Crippen molar-refractivity contribution in [2.75, 3.05) is 5.32 Å². The van der Waals surface area contributed by atoms with E-state index in [2.05, 4.69) is 9.97 Å². The van der Waals surface area contributed by atoms with Crippen molar-refractivity contribution in [2.24, 2.45) is 5.92 Å². The van der Waals surface area contributed by atoms with Crippen molar-refractivity contribution in [3.8, 4) is 0 Å². The zero-order valence-corrected chi connectivity index (χ0v) is 17.9. The smallest absolute Gasteiger partial charge is 0.435 e. The van der Waals surface area contributed by atoms with Crippen LogP contribution in [0.15, 0.2) is 0 Å². The number of hydrogen-bond acceptors (Lipinski definition) is 5. The van der Waals surface area contributed by atoms with Crippen LogP contribution < -0.4 is 5.32 Å². The zero-order chi connectivity index (χ0) is 25.5. The van der Waals surface area contributed by atoms with Crippen LogP contribution in [0.2, 0.25) is 4.47 Å². The highest BCUT2D eigenvalue weighted by atomic mass is 35.5. The Morgan fingerprint density at radius 2 is 1.61 bits per heavy atom. The first kappa shape index (κ1) is 26.7. The monoisotopic (exact) mass is 525 g/mol. The first-order chi connectivity index (χ1) is 14.9. The average molecular weight is 526 g/mol. The standard InChI is InChI=1S/C17H12ClF8N3O3S/c1-4(2)3-5-6(14(31)32)8(12(19)20)27-10(16(21,22)23)7(5)28-13(30)9-11(17(24,25)26)29-15(18)33-9/h4,12H,3H2,1-2H3,(H,28,30)(H,31,32). The molecule has 6 nitrogen and oxygen atoms in total. The Kier molecular flexibility index (Phi) is 7.58. The quantitative estimate of drug-likeness (QED) is 0.431. The van der Waals surface area contributed by atoms with Gasteiger partial charge in [0.1, 0.15) is 10.6 Å². The fourth-order valence-corrected chi connectivity index (χ4v) is 3.84. The van der Waals surface area contributed by atoms with Gasteiger partial charge >= 0.3 is 18.3 Å². The third-order valence-corrected chi connectivity index (χ3v) is 5.10. The van der Waals surface area contributed by atoms with Crippen LogP contribution in [0.25, 0.3) is 0 Å². The number of pyridine rings is 1. The maximum atomic E-state index is 13.7. The van der Waals surface area contributed by atoms with E-state index in [9.17, 15) is 49.8 Å². The van der Waals surface area contributed by atoms with E-state index < -0.39 is 86.2 Å². The van der Waals surface area contributed by atoms with Gasteiger partial charge in [0.15, 0.2) is 15.9 Å². The number of carbonyl (C=O) groups excluding carboxylic acids is 1. The van der Waals surface area contributed by atoms with Gasteiger partial charge < -0.3 is 10.4 Å². The molecule has 2 heterocycles. The largest absolute Gasteiger partial charge is 0.478 e. The van der Waals surface area contributed by atoms with Gasteiger partial charge in [-0.1, -0.05) is 36.8 Å².